The SMILES string of the molecule is O=c1[nH]c(-c2ccccc2)nc([O-])c1-[n+]1ccccc1. The molecule has 2 heterocycles. The number of benzene rings is 1. The smallest absolute Gasteiger partial charge is 0.323 e. The highest BCUT2D eigenvalue weighted by atomic mass is 16.3. The second kappa shape index (κ2) is 4.97. The quantitative estimate of drug-likeness (QED) is 0.696. The molecule has 0 amide bonds. The minimum Gasteiger partial charge on any atom is -0.854 e. The van der Waals surface area contributed by atoms with Crippen LogP contribution in [0.1, 0.15) is 0 Å². The van der Waals surface area contributed by atoms with E-state index >= 15 is 0 Å². The van der Waals surface area contributed by atoms with Crippen LogP contribution in [0.25, 0.3) is 17.1 Å². The second-order valence-electron chi connectivity index (χ2n) is 4.22. The van der Waals surface area contributed by atoms with Crippen LogP contribution in [-0.2, 0) is 0 Å². The first kappa shape index (κ1) is 12.1. The molecule has 1 N–H and O–H groups in total. The molecular weight excluding hydrogens is 254 g/mol. The molecule has 0 saturated heterocycles. The van der Waals surface area contributed by atoms with E-state index in [-0.39, 0.29) is 11.5 Å². The number of H-pyrrole nitrogens is 1. The fourth-order valence-corrected chi connectivity index (χ4v) is 1.95. The number of hydrogen-bond acceptors (Lipinski definition) is 3. The molecule has 3 aromatic rings. The average Bonchev–Trinajstić information content (AvgIpc) is 2.48. The van der Waals surface area contributed by atoms with Crippen LogP contribution in [0.5, 0.6) is 5.88 Å². The lowest BCUT2D eigenvalue weighted by atomic mass is 10.2. The van der Waals surface area contributed by atoms with Crippen LogP contribution >= 0.6 is 0 Å². The maximum atomic E-state index is 12.1. The van der Waals surface area contributed by atoms with Crippen molar-refractivity contribution in [1.29, 1.82) is 0 Å². The molecule has 1 aromatic carbocycles. The number of aromatic nitrogens is 3. The molecular formula is C15H11N3O2. The first-order valence-corrected chi connectivity index (χ1v) is 6.09. The highest BCUT2D eigenvalue weighted by molar-refractivity contribution is 5.55. The van der Waals surface area contributed by atoms with Crippen LogP contribution in [0.4, 0.5) is 0 Å². The van der Waals surface area contributed by atoms with Gasteiger partial charge in [-0.3, -0.25) is 4.79 Å². The van der Waals surface area contributed by atoms with Crippen molar-refractivity contribution in [3.05, 3.63) is 71.3 Å². The van der Waals surface area contributed by atoms with Gasteiger partial charge in [0.05, 0.1) is 5.88 Å². The molecule has 98 valence electrons. The third-order valence-corrected chi connectivity index (χ3v) is 2.88. The van der Waals surface area contributed by atoms with Gasteiger partial charge in [-0.05, 0) is 0 Å². The molecule has 0 unspecified atom stereocenters. The van der Waals surface area contributed by atoms with E-state index in [1.54, 1.807) is 42.7 Å². The highest BCUT2D eigenvalue weighted by Gasteiger charge is 2.14. The summed E-state index contributed by atoms with van der Waals surface area (Å²) in [5.41, 5.74) is 0.233. The van der Waals surface area contributed by atoms with Gasteiger partial charge in [0.25, 0.3) is 5.69 Å². The fraction of sp³-hybridized carbons (Fsp3) is 0. The molecule has 0 aliphatic carbocycles. The predicted molar refractivity (Wildman–Crippen MR) is 71.3 cm³/mol. The number of hydrogen-bond donors (Lipinski definition) is 1. The molecule has 0 aliphatic heterocycles. The van der Waals surface area contributed by atoms with Gasteiger partial charge in [0, 0.05) is 17.7 Å². The Morgan fingerprint density at radius 2 is 1.65 bits per heavy atom. The third-order valence-electron chi connectivity index (χ3n) is 2.88. The van der Waals surface area contributed by atoms with E-state index in [1.807, 2.05) is 18.2 Å². The molecule has 0 atom stereocenters. The lowest BCUT2D eigenvalue weighted by molar-refractivity contribution is -0.601. The number of aromatic amines is 1. The fourth-order valence-electron chi connectivity index (χ4n) is 1.95. The summed E-state index contributed by atoms with van der Waals surface area (Å²) in [7, 11) is 0. The first-order valence-electron chi connectivity index (χ1n) is 6.09. The van der Waals surface area contributed by atoms with Crippen molar-refractivity contribution in [2.45, 2.75) is 0 Å². The minimum atomic E-state index is -0.552. The molecule has 0 saturated carbocycles. The van der Waals surface area contributed by atoms with Gasteiger partial charge in [-0.2, -0.15) is 4.57 Å². The Morgan fingerprint density at radius 1 is 1.00 bits per heavy atom. The summed E-state index contributed by atoms with van der Waals surface area (Å²) < 4.78 is 1.46. The molecule has 0 aliphatic rings. The van der Waals surface area contributed by atoms with Crippen molar-refractivity contribution >= 4 is 0 Å². The first-order chi connectivity index (χ1) is 9.75. The molecule has 0 fully saturated rings. The number of nitrogens with one attached hydrogen (secondary N) is 1. The summed E-state index contributed by atoms with van der Waals surface area (Å²) in [5, 5.41) is 12.1. The number of rotatable bonds is 2. The van der Waals surface area contributed by atoms with Crippen LogP contribution in [0, 0.1) is 0 Å². The van der Waals surface area contributed by atoms with Crippen molar-refractivity contribution < 1.29 is 9.67 Å². The summed E-state index contributed by atoms with van der Waals surface area (Å²) in [4.78, 5) is 18.7. The maximum absolute atomic E-state index is 12.1. The highest BCUT2D eigenvalue weighted by Crippen LogP contribution is 2.15. The largest absolute Gasteiger partial charge is 0.854 e. The van der Waals surface area contributed by atoms with E-state index in [1.165, 1.54) is 4.57 Å². The molecule has 3 rings (SSSR count). The zero-order valence-corrected chi connectivity index (χ0v) is 10.5. The van der Waals surface area contributed by atoms with Gasteiger partial charge in [-0.1, -0.05) is 36.4 Å². The van der Waals surface area contributed by atoms with Gasteiger partial charge in [0.1, 0.15) is 5.82 Å². The lowest BCUT2D eigenvalue weighted by Crippen LogP contribution is -2.38. The standard InChI is InChI=1S/C15H11N3O2/c19-14-12(18-9-5-2-6-10-18)15(20)17-13(16-14)11-7-3-1-4-8-11/h1-10H,(H-,16,17,19,20). The van der Waals surface area contributed by atoms with Crippen LogP contribution in [0.15, 0.2) is 65.7 Å². The van der Waals surface area contributed by atoms with E-state index in [9.17, 15) is 9.90 Å². The van der Waals surface area contributed by atoms with Crippen molar-refractivity contribution in [3.63, 3.8) is 0 Å². The lowest BCUT2D eigenvalue weighted by Gasteiger charge is -2.08. The van der Waals surface area contributed by atoms with Gasteiger partial charge in [0.15, 0.2) is 12.4 Å². The Bertz CT molecular complexity index is 783. The van der Waals surface area contributed by atoms with Crippen molar-refractivity contribution in [2.24, 2.45) is 0 Å². The van der Waals surface area contributed by atoms with Crippen LogP contribution in [0.2, 0.25) is 0 Å². The summed E-state index contributed by atoms with van der Waals surface area (Å²) >= 11 is 0. The summed E-state index contributed by atoms with van der Waals surface area (Å²) in [6.45, 7) is 0. The van der Waals surface area contributed by atoms with Gasteiger partial charge in [0.2, 0.25) is 0 Å². The maximum Gasteiger partial charge on any atom is 0.323 e. The summed E-state index contributed by atoms with van der Waals surface area (Å²) in [5.74, 6) is -0.273. The van der Waals surface area contributed by atoms with E-state index in [0.717, 1.165) is 0 Å². The molecule has 0 bridgehead atoms. The van der Waals surface area contributed by atoms with E-state index < -0.39 is 11.4 Å². The van der Waals surface area contributed by atoms with E-state index in [2.05, 4.69) is 9.97 Å². The normalized spacial score (nSPS) is 10.4. The molecule has 20 heavy (non-hydrogen) atoms. The molecule has 0 spiro atoms. The minimum absolute atomic E-state index is 0.00900. The van der Waals surface area contributed by atoms with E-state index in [4.69, 9.17) is 0 Å². The zero-order valence-electron chi connectivity index (χ0n) is 10.5. The number of pyridine rings is 1. The van der Waals surface area contributed by atoms with Crippen LogP contribution in [0.3, 0.4) is 0 Å². The van der Waals surface area contributed by atoms with Gasteiger partial charge in [-0.25, -0.2) is 4.98 Å². The summed E-state index contributed by atoms with van der Waals surface area (Å²) in [6, 6.07) is 14.3. The Morgan fingerprint density at radius 3 is 2.30 bits per heavy atom. The van der Waals surface area contributed by atoms with Crippen molar-refractivity contribution in [3.8, 4) is 23.0 Å². The van der Waals surface area contributed by atoms with Crippen LogP contribution < -0.4 is 15.2 Å². The summed E-state index contributed by atoms with van der Waals surface area (Å²) in [6.07, 6.45) is 3.27. The topological polar surface area (TPSA) is 72.7 Å². The predicted octanol–water partition coefficient (Wildman–Crippen LogP) is 0.787. The van der Waals surface area contributed by atoms with Gasteiger partial charge in [-0.15, -0.1) is 0 Å². The zero-order chi connectivity index (χ0) is 13.9. The monoisotopic (exact) mass is 265 g/mol. The van der Waals surface area contributed by atoms with E-state index in [0.29, 0.717) is 5.56 Å². The van der Waals surface area contributed by atoms with Crippen molar-refractivity contribution in [1.82, 2.24) is 9.97 Å². The second-order valence-corrected chi connectivity index (χ2v) is 4.22. The average molecular weight is 265 g/mol. The Balaban J connectivity index is 2.16. The Hall–Kier alpha value is -2.95. The van der Waals surface area contributed by atoms with Crippen LogP contribution in [-0.4, -0.2) is 9.97 Å². The Kier molecular flexibility index (Phi) is 3.01. The molecule has 5 heteroatoms. The van der Waals surface area contributed by atoms with Gasteiger partial charge < -0.3 is 10.1 Å². The molecule has 2 aromatic heterocycles. The molecule has 5 nitrogen and oxygen atoms in total. The van der Waals surface area contributed by atoms with Crippen molar-refractivity contribution in [2.75, 3.05) is 0 Å². The molecule has 0 radical (unpaired) electrons. The third kappa shape index (κ3) is 2.16. The Labute approximate surface area is 114 Å². The van der Waals surface area contributed by atoms with Gasteiger partial charge >= 0.3 is 5.56 Å². The number of nitrogens with zero attached hydrogens (tertiary/aromatic N) is 2.